The molecule has 1 aromatic carbocycles. The Kier molecular flexibility index (Phi) is 5.69. The van der Waals surface area contributed by atoms with E-state index in [1.807, 2.05) is 22.8 Å². The summed E-state index contributed by atoms with van der Waals surface area (Å²) in [6.07, 6.45) is 2.72. The summed E-state index contributed by atoms with van der Waals surface area (Å²) in [6.45, 7) is 1.62. The molecule has 0 unspecified atom stereocenters. The molecule has 0 atom stereocenters. The summed E-state index contributed by atoms with van der Waals surface area (Å²) in [4.78, 5) is 0. The zero-order chi connectivity index (χ0) is 13.5. The third kappa shape index (κ3) is 4.53. The first-order valence-corrected chi connectivity index (χ1v) is 7.40. The quantitative estimate of drug-likeness (QED) is 0.581. The molecule has 0 amide bonds. The van der Waals surface area contributed by atoms with Crippen LogP contribution < -0.4 is 0 Å². The SMILES string of the molecule is COCCCn1cnnc1SCc1cccc(Cl)c1. The van der Waals surface area contributed by atoms with Crippen LogP contribution in [0.1, 0.15) is 12.0 Å². The van der Waals surface area contributed by atoms with E-state index in [-0.39, 0.29) is 0 Å². The summed E-state index contributed by atoms with van der Waals surface area (Å²) >= 11 is 7.63. The van der Waals surface area contributed by atoms with Crippen LogP contribution in [0.5, 0.6) is 0 Å². The Bertz CT molecular complexity index is 518. The Hall–Kier alpha value is -1.04. The Balaban J connectivity index is 1.90. The maximum atomic E-state index is 5.96. The summed E-state index contributed by atoms with van der Waals surface area (Å²) in [5.41, 5.74) is 1.18. The lowest BCUT2D eigenvalue weighted by Crippen LogP contribution is -2.02. The van der Waals surface area contributed by atoms with Crippen molar-refractivity contribution in [3.8, 4) is 0 Å². The van der Waals surface area contributed by atoms with Crippen molar-refractivity contribution in [2.75, 3.05) is 13.7 Å². The standard InChI is InChI=1S/C13H16ClN3OS/c1-18-7-3-6-17-10-15-16-13(17)19-9-11-4-2-5-12(14)8-11/h2,4-5,8,10H,3,6-7,9H2,1H3. The maximum absolute atomic E-state index is 5.96. The fourth-order valence-electron chi connectivity index (χ4n) is 1.66. The molecule has 0 spiro atoms. The van der Waals surface area contributed by atoms with Crippen LogP contribution in [0.15, 0.2) is 35.7 Å². The van der Waals surface area contributed by atoms with Gasteiger partial charge in [0, 0.05) is 31.0 Å². The monoisotopic (exact) mass is 297 g/mol. The average molecular weight is 298 g/mol. The molecule has 6 heteroatoms. The van der Waals surface area contributed by atoms with E-state index >= 15 is 0 Å². The first kappa shape index (κ1) is 14.4. The van der Waals surface area contributed by atoms with Crippen LogP contribution in [0.4, 0.5) is 0 Å². The predicted molar refractivity (Wildman–Crippen MR) is 77.5 cm³/mol. The van der Waals surface area contributed by atoms with Crippen molar-refractivity contribution < 1.29 is 4.74 Å². The molecule has 2 rings (SSSR count). The van der Waals surface area contributed by atoms with Gasteiger partial charge in [0.1, 0.15) is 6.33 Å². The van der Waals surface area contributed by atoms with Crippen molar-refractivity contribution in [3.05, 3.63) is 41.2 Å². The summed E-state index contributed by atoms with van der Waals surface area (Å²) in [5, 5.41) is 9.78. The van der Waals surface area contributed by atoms with Gasteiger partial charge in [-0.05, 0) is 24.1 Å². The number of aryl methyl sites for hydroxylation is 1. The molecule has 0 radical (unpaired) electrons. The second-order valence-electron chi connectivity index (χ2n) is 4.07. The van der Waals surface area contributed by atoms with Crippen LogP contribution in [0, 0.1) is 0 Å². The van der Waals surface area contributed by atoms with E-state index in [0.29, 0.717) is 0 Å². The minimum atomic E-state index is 0.747. The largest absolute Gasteiger partial charge is 0.385 e. The van der Waals surface area contributed by atoms with E-state index in [9.17, 15) is 0 Å². The van der Waals surface area contributed by atoms with Gasteiger partial charge in [0.05, 0.1) is 0 Å². The molecule has 0 saturated heterocycles. The molecule has 1 aromatic heterocycles. The third-order valence-corrected chi connectivity index (χ3v) is 3.87. The highest BCUT2D eigenvalue weighted by Crippen LogP contribution is 2.22. The number of hydrogen-bond acceptors (Lipinski definition) is 4. The fraction of sp³-hybridized carbons (Fsp3) is 0.385. The lowest BCUT2D eigenvalue weighted by Gasteiger charge is -2.06. The number of nitrogens with zero attached hydrogens (tertiary/aromatic N) is 3. The molecule has 4 nitrogen and oxygen atoms in total. The van der Waals surface area contributed by atoms with E-state index in [1.54, 1.807) is 25.2 Å². The lowest BCUT2D eigenvalue weighted by atomic mass is 10.2. The second-order valence-corrected chi connectivity index (χ2v) is 5.45. The first-order valence-electron chi connectivity index (χ1n) is 6.03. The van der Waals surface area contributed by atoms with Gasteiger partial charge in [-0.15, -0.1) is 10.2 Å². The average Bonchev–Trinajstić information content (AvgIpc) is 2.84. The molecule has 0 N–H and O–H groups in total. The van der Waals surface area contributed by atoms with Crippen LogP contribution in [-0.2, 0) is 17.0 Å². The molecular weight excluding hydrogens is 282 g/mol. The van der Waals surface area contributed by atoms with Crippen molar-refractivity contribution in [2.24, 2.45) is 0 Å². The van der Waals surface area contributed by atoms with Gasteiger partial charge in [-0.1, -0.05) is 35.5 Å². The smallest absolute Gasteiger partial charge is 0.191 e. The molecule has 0 bridgehead atoms. The molecule has 19 heavy (non-hydrogen) atoms. The fourth-order valence-corrected chi connectivity index (χ4v) is 2.76. The van der Waals surface area contributed by atoms with Crippen LogP contribution in [0.2, 0.25) is 5.02 Å². The molecule has 0 aliphatic rings. The van der Waals surface area contributed by atoms with E-state index < -0.39 is 0 Å². The van der Waals surface area contributed by atoms with Gasteiger partial charge in [0.15, 0.2) is 5.16 Å². The van der Waals surface area contributed by atoms with Crippen LogP contribution >= 0.6 is 23.4 Å². The molecular formula is C13H16ClN3OS. The number of thioether (sulfide) groups is 1. The summed E-state index contributed by atoms with van der Waals surface area (Å²) < 4.78 is 7.10. The van der Waals surface area contributed by atoms with Crippen molar-refractivity contribution in [2.45, 2.75) is 23.9 Å². The summed E-state index contributed by atoms with van der Waals surface area (Å²) in [7, 11) is 1.71. The van der Waals surface area contributed by atoms with E-state index in [4.69, 9.17) is 16.3 Å². The van der Waals surface area contributed by atoms with Crippen molar-refractivity contribution >= 4 is 23.4 Å². The molecule has 102 valence electrons. The highest BCUT2D eigenvalue weighted by Gasteiger charge is 2.05. The number of benzene rings is 1. The van der Waals surface area contributed by atoms with Crippen molar-refractivity contribution in [3.63, 3.8) is 0 Å². The Morgan fingerprint density at radius 2 is 2.32 bits per heavy atom. The van der Waals surface area contributed by atoms with Gasteiger partial charge in [0.25, 0.3) is 0 Å². The van der Waals surface area contributed by atoms with Gasteiger partial charge in [0.2, 0.25) is 0 Å². The first-order chi connectivity index (χ1) is 9.29. The molecule has 1 heterocycles. The molecule has 0 aliphatic heterocycles. The van der Waals surface area contributed by atoms with Crippen LogP contribution in [0.3, 0.4) is 0 Å². The molecule has 0 saturated carbocycles. The minimum absolute atomic E-state index is 0.747. The van der Waals surface area contributed by atoms with Gasteiger partial charge in [-0.25, -0.2) is 0 Å². The van der Waals surface area contributed by atoms with E-state index in [1.165, 1.54) is 5.56 Å². The zero-order valence-corrected chi connectivity index (χ0v) is 12.3. The number of hydrogen-bond donors (Lipinski definition) is 0. The summed E-state index contributed by atoms with van der Waals surface area (Å²) in [6, 6.07) is 7.87. The third-order valence-electron chi connectivity index (χ3n) is 2.58. The van der Waals surface area contributed by atoms with Crippen LogP contribution in [-0.4, -0.2) is 28.5 Å². The number of halogens is 1. The van der Waals surface area contributed by atoms with Gasteiger partial charge < -0.3 is 9.30 Å². The van der Waals surface area contributed by atoms with Gasteiger partial charge >= 0.3 is 0 Å². The zero-order valence-electron chi connectivity index (χ0n) is 10.8. The van der Waals surface area contributed by atoms with Gasteiger partial charge in [-0.3, -0.25) is 0 Å². The second kappa shape index (κ2) is 7.53. The van der Waals surface area contributed by atoms with E-state index in [0.717, 1.165) is 35.5 Å². The predicted octanol–water partition coefficient (Wildman–Crippen LogP) is 3.26. The Morgan fingerprint density at radius 3 is 3.11 bits per heavy atom. The van der Waals surface area contributed by atoms with Crippen molar-refractivity contribution in [1.29, 1.82) is 0 Å². The highest BCUT2D eigenvalue weighted by atomic mass is 35.5. The minimum Gasteiger partial charge on any atom is -0.385 e. The molecule has 0 fully saturated rings. The molecule has 2 aromatic rings. The van der Waals surface area contributed by atoms with Crippen LogP contribution in [0.25, 0.3) is 0 Å². The van der Waals surface area contributed by atoms with E-state index in [2.05, 4.69) is 16.3 Å². The highest BCUT2D eigenvalue weighted by molar-refractivity contribution is 7.98. The topological polar surface area (TPSA) is 39.9 Å². The van der Waals surface area contributed by atoms with Gasteiger partial charge in [-0.2, -0.15) is 0 Å². The normalized spacial score (nSPS) is 10.8. The number of methoxy groups -OCH3 is 1. The Morgan fingerprint density at radius 1 is 1.42 bits per heavy atom. The van der Waals surface area contributed by atoms with Crippen molar-refractivity contribution in [1.82, 2.24) is 14.8 Å². The Labute approximate surface area is 122 Å². The number of rotatable bonds is 7. The summed E-state index contributed by atoms with van der Waals surface area (Å²) in [5.74, 6) is 0.837. The number of ether oxygens (including phenoxy) is 1. The number of aromatic nitrogens is 3. The maximum Gasteiger partial charge on any atom is 0.191 e. The lowest BCUT2D eigenvalue weighted by molar-refractivity contribution is 0.189. The molecule has 0 aliphatic carbocycles.